The van der Waals surface area contributed by atoms with Crippen LogP contribution in [0.2, 0.25) is 0 Å². The number of aryl methyl sites for hydroxylation is 1. The van der Waals surface area contributed by atoms with Crippen LogP contribution < -0.4 is 5.32 Å². The predicted octanol–water partition coefficient (Wildman–Crippen LogP) is 2.72. The highest BCUT2D eigenvalue weighted by Crippen LogP contribution is 2.21. The summed E-state index contributed by atoms with van der Waals surface area (Å²) in [6.07, 6.45) is -0.296. The summed E-state index contributed by atoms with van der Waals surface area (Å²) in [7, 11) is -3.61. The van der Waals surface area contributed by atoms with Crippen LogP contribution in [0.1, 0.15) is 35.3 Å². The third-order valence-electron chi connectivity index (χ3n) is 4.68. The van der Waals surface area contributed by atoms with E-state index in [4.69, 9.17) is 4.74 Å². The van der Waals surface area contributed by atoms with Gasteiger partial charge in [0.1, 0.15) is 0 Å². The summed E-state index contributed by atoms with van der Waals surface area (Å²) in [6, 6.07) is 14.0. The number of nitrogens with zero attached hydrogens (tertiary/aromatic N) is 1. The molecule has 150 valence electrons. The summed E-state index contributed by atoms with van der Waals surface area (Å²) in [5, 5.41) is 2.86. The number of hydrogen-bond acceptors (Lipinski definition) is 4. The lowest BCUT2D eigenvalue weighted by Gasteiger charge is -2.34. The number of carbonyl (C=O) groups excluding carboxylic acids is 1. The first kappa shape index (κ1) is 20.5. The van der Waals surface area contributed by atoms with Crippen LogP contribution in [0.15, 0.2) is 53.4 Å². The molecule has 2 aromatic carbocycles. The van der Waals surface area contributed by atoms with Crippen LogP contribution in [-0.2, 0) is 21.3 Å². The number of sulfonamides is 1. The molecule has 0 aromatic heterocycles. The van der Waals surface area contributed by atoms with Gasteiger partial charge in [0.15, 0.2) is 0 Å². The lowest BCUT2D eigenvalue weighted by atomic mass is 10.1. The molecule has 2 atom stereocenters. The Bertz CT molecular complexity index is 931. The third kappa shape index (κ3) is 4.79. The zero-order valence-corrected chi connectivity index (χ0v) is 17.2. The summed E-state index contributed by atoms with van der Waals surface area (Å²) in [5.41, 5.74) is 2.58. The van der Waals surface area contributed by atoms with Crippen molar-refractivity contribution in [1.82, 2.24) is 9.62 Å². The van der Waals surface area contributed by atoms with Gasteiger partial charge in [0, 0.05) is 25.2 Å². The van der Waals surface area contributed by atoms with Crippen LogP contribution in [-0.4, -0.2) is 43.9 Å². The Morgan fingerprint density at radius 1 is 1.11 bits per heavy atom. The Morgan fingerprint density at radius 2 is 1.75 bits per heavy atom. The molecule has 0 bridgehead atoms. The highest BCUT2D eigenvalue weighted by molar-refractivity contribution is 7.89. The van der Waals surface area contributed by atoms with Crippen molar-refractivity contribution in [2.24, 2.45) is 0 Å². The molecule has 1 saturated heterocycles. The molecule has 1 aliphatic heterocycles. The molecule has 1 amide bonds. The van der Waals surface area contributed by atoms with Gasteiger partial charge in [-0.1, -0.05) is 29.8 Å². The quantitative estimate of drug-likeness (QED) is 0.834. The number of nitrogens with one attached hydrogen (secondary N) is 1. The standard InChI is InChI=1S/C21H26N2O4S/c1-15-5-4-6-18(11-15)12-22-21(24)19-7-9-20(10-8-19)28(25,26)23-13-16(2)27-17(3)14-23/h4-11,16-17H,12-14H2,1-3H3,(H,22,24). The maximum absolute atomic E-state index is 12.9. The third-order valence-corrected chi connectivity index (χ3v) is 6.52. The normalized spacial score (nSPS) is 20.7. The zero-order chi connectivity index (χ0) is 20.3. The van der Waals surface area contributed by atoms with Gasteiger partial charge in [-0.15, -0.1) is 0 Å². The SMILES string of the molecule is Cc1cccc(CNC(=O)c2ccc(S(=O)(=O)N3CC(C)OC(C)C3)cc2)c1. The maximum Gasteiger partial charge on any atom is 0.251 e. The second-order valence-corrected chi connectivity index (χ2v) is 9.21. The molecule has 7 heteroatoms. The van der Waals surface area contributed by atoms with Gasteiger partial charge in [-0.05, 0) is 50.6 Å². The van der Waals surface area contributed by atoms with E-state index >= 15 is 0 Å². The second kappa shape index (κ2) is 8.43. The lowest BCUT2D eigenvalue weighted by Crippen LogP contribution is -2.48. The number of morpholine rings is 1. The molecule has 0 radical (unpaired) electrons. The second-order valence-electron chi connectivity index (χ2n) is 7.28. The Hall–Kier alpha value is -2.22. The molecule has 1 fully saturated rings. The van der Waals surface area contributed by atoms with Crippen molar-refractivity contribution >= 4 is 15.9 Å². The van der Waals surface area contributed by atoms with Crippen LogP contribution in [0, 0.1) is 6.92 Å². The van der Waals surface area contributed by atoms with E-state index in [1.54, 1.807) is 12.1 Å². The average Bonchev–Trinajstić information content (AvgIpc) is 2.65. The summed E-state index contributed by atoms with van der Waals surface area (Å²) < 4.78 is 32.8. The largest absolute Gasteiger partial charge is 0.373 e. The molecule has 0 saturated carbocycles. The van der Waals surface area contributed by atoms with E-state index in [2.05, 4.69) is 5.32 Å². The van der Waals surface area contributed by atoms with Crippen molar-refractivity contribution in [3.05, 3.63) is 65.2 Å². The van der Waals surface area contributed by atoms with E-state index < -0.39 is 10.0 Å². The number of rotatable bonds is 5. The molecule has 1 aliphatic rings. The fourth-order valence-corrected chi connectivity index (χ4v) is 4.95. The van der Waals surface area contributed by atoms with Crippen LogP contribution in [0.3, 0.4) is 0 Å². The Morgan fingerprint density at radius 3 is 2.36 bits per heavy atom. The fourth-order valence-electron chi connectivity index (χ4n) is 3.36. The van der Waals surface area contributed by atoms with Crippen LogP contribution >= 0.6 is 0 Å². The zero-order valence-electron chi connectivity index (χ0n) is 16.4. The maximum atomic E-state index is 12.9. The van der Waals surface area contributed by atoms with Crippen molar-refractivity contribution in [3.8, 4) is 0 Å². The fraction of sp³-hybridized carbons (Fsp3) is 0.381. The number of carbonyl (C=O) groups is 1. The molecule has 2 unspecified atom stereocenters. The highest BCUT2D eigenvalue weighted by atomic mass is 32.2. The number of amides is 1. The van der Waals surface area contributed by atoms with Crippen LogP contribution in [0.5, 0.6) is 0 Å². The lowest BCUT2D eigenvalue weighted by molar-refractivity contribution is -0.0440. The average molecular weight is 403 g/mol. The first-order valence-electron chi connectivity index (χ1n) is 9.35. The number of hydrogen-bond donors (Lipinski definition) is 1. The molecular weight excluding hydrogens is 376 g/mol. The topological polar surface area (TPSA) is 75.7 Å². The molecule has 1 heterocycles. The predicted molar refractivity (Wildman–Crippen MR) is 108 cm³/mol. The summed E-state index contributed by atoms with van der Waals surface area (Å²) in [4.78, 5) is 12.5. The van der Waals surface area contributed by atoms with Gasteiger partial charge in [-0.3, -0.25) is 4.79 Å². The van der Waals surface area contributed by atoms with E-state index in [1.165, 1.54) is 16.4 Å². The molecule has 28 heavy (non-hydrogen) atoms. The number of benzene rings is 2. The molecular formula is C21H26N2O4S. The Kier molecular flexibility index (Phi) is 6.17. The molecule has 6 nitrogen and oxygen atoms in total. The Balaban J connectivity index is 1.67. The van der Waals surface area contributed by atoms with Gasteiger partial charge in [0.25, 0.3) is 5.91 Å². The van der Waals surface area contributed by atoms with Gasteiger partial charge < -0.3 is 10.1 Å². The van der Waals surface area contributed by atoms with Crippen LogP contribution in [0.25, 0.3) is 0 Å². The summed E-state index contributed by atoms with van der Waals surface area (Å²) in [5.74, 6) is -0.237. The Labute approximate surface area is 166 Å². The molecule has 2 aromatic rings. The summed E-state index contributed by atoms with van der Waals surface area (Å²) in [6.45, 7) is 6.79. The number of ether oxygens (including phenoxy) is 1. The van der Waals surface area contributed by atoms with Gasteiger partial charge in [0.05, 0.1) is 17.1 Å². The van der Waals surface area contributed by atoms with Gasteiger partial charge in [-0.2, -0.15) is 4.31 Å². The van der Waals surface area contributed by atoms with Crippen molar-refractivity contribution in [2.75, 3.05) is 13.1 Å². The van der Waals surface area contributed by atoms with Crippen molar-refractivity contribution < 1.29 is 17.9 Å². The van der Waals surface area contributed by atoms with E-state index in [0.29, 0.717) is 25.2 Å². The van der Waals surface area contributed by atoms with Crippen molar-refractivity contribution in [2.45, 2.75) is 44.4 Å². The highest BCUT2D eigenvalue weighted by Gasteiger charge is 2.32. The van der Waals surface area contributed by atoms with Gasteiger partial charge in [0.2, 0.25) is 10.0 Å². The van der Waals surface area contributed by atoms with E-state index in [0.717, 1.165) is 11.1 Å². The minimum Gasteiger partial charge on any atom is -0.373 e. The summed E-state index contributed by atoms with van der Waals surface area (Å²) >= 11 is 0. The van der Waals surface area contributed by atoms with Gasteiger partial charge in [-0.25, -0.2) is 8.42 Å². The van der Waals surface area contributed by atoms with E-state index in [1.807, 2.05) is 45.0 Å². The van der Waals surface area contributed by atoms with Gasteiger partial charge >= 0.3 is 0 Å². The smallest absolute Gasteiger partial charge is 0.251 e. The minimum absolute atomic E-state index is 0.148. The molecule has 3 rings (SSSR count). The molecule has 1 N–H and O–H groups in total. The molecule has 0 aliphatic carbocycles. The first-order chi connectivity index (χ1) is 13.3. The monoisotopic (exact) mass is 402 g/mol. The first-order valence-corrected chi connectivity index (χ1v) is 10.8. The van der Waals surface area contributed by atoms with Crippen molar-refractivity contribution in [3.63, 3.8) is 0 Å². The van der Waals surface area contributed by atoms with Crippen molar-refractivity contribution in [1.29, 1.82) is 0 Å². The van der Waals surface area contributed by atoms with E-state index in [9.17, 15) is 13.2 Å². The minimum atomic E-state index is -3.61. The van der Waals surface area contributed by atoms with E-state index in [-0.39, 0.29) is 23.0 Å². The molecule has 0 spiro atoms. The van der Waals surface area contributed by atoms with Crippen LogP contribution in [0.4, 0.5) is 0 Å².